The van der Waals surface area contributed by atoms with Gasteiger partial charge in [-0.3, -0.25) is 14.9 Å². The Balaban J connectivity index is 1.30. The van der Waals surface area contributed by atoms with E-state index in [0.29, 0.717) is 35.2 Å². The molecule has 4 N–H and O–H groups in total. The molecular formula is C25H27N7O3. The number of rotatable bonds is 6. The van der Waals surface area contributed by atoms with Crippen LogP contribution in [-0.4, -0.2) is 56.8 Å². The van der Waals surface area contributed by atoms with E-state index in [0.717, 1.165) is 36.4 Å². The Morgan fingerprint density at radius 1 is 1.14 bits per heavy atom. The van der Waals surface area contributed by atoms with Gasteiger partial charge < -0.3 is 20.6 Å². The van der Waals surface area contributed by atoms with Gasteiger partial charge in [-0.2, -0.15) is 5.10 Å². The van der Waals surface area contributed by atoms with Crippen molar-refractivity contribution < 1.29 is 14.7 Å². The van der Waals surface area contributed by atoms with Crippen molar-refractivity contribution in [3.63, 3.8) is 0 Å². The lowest BCUT2D eigenvalue weighted by atomic mass is 10.1. The number of nitrogens with zero attached hydrogens (tertiary/aromatic N) is 4. The van der Waals surface area contributed by atoms with Crippen LogP contribution in [0.2, 0.25) is 0 Å². The number of hydrogen-bond donors (Lipinski definition) is 4. The first kappa shape index (κ1) is 21.6. The molecule has 1 atom stereocenters. The van der Waals surface area contributed by atoms with Crippen LogP contribution in [0.5, 0.6) is 0 Å². The standard InChI is InChI=1S/C25H27N7O3/c33-21-2-1-6-31(14-21)20-11-18(27-17-3-4-17)10-19(12-20)28-22-5-7-32-24(29-22)16(13-26-32)8-15-9-23(34)30-25(15)35/h5,7-8,10-13,17,21,27,33H,1-4,6,9,14H2,(H,28,29)(H,30,34,35)/b15-8-. The number of nitrogens with one attached hydrogen (secondary N) is 3. The lowest BCUT2D eigenvalue weighted by Crippen LogP contribution is -2.38. The molecule has 2 aliphatic heterocycles. The highest BCUT2D eigenvalue weighted by molar-refractivity contribution is 6.15. The summed E-state index contributed by atoms with van der Waals surface area (Å²) < 4.78 is 1.64. The SMILES string of the molecule is O=C1C/C(=C/c2cnn3ccc(Nc4cc(NC5CC5)cc(N5CCCC(O)C5)c4)nc23)C(=O)N1. The third kappa shape index (κ3) is 4.69. The maximum atomic E-state index is 12.0. The monoisotopic (exact) mass is 473 g/mol. The first-order valence-electron chi connectivity index (χ1n) is 12.0. The zero-order valence-corrected chi connectivity index (χ0v) is 19.2. The predicted molar refractivity (Wildman–Crippen MR) is 133 cm³/mol. The van der Waals surface area contributed by atoms with E-state index in [-0.39, 0.29) is 24.3 Å². The van der Waals surface area contributed by atoms with E-state index in [4.69, 9.17) is 4.98 Å². The Labute approximate surface area is 202 Å². The number of β-amino-alcohol motifs (C(OH)–C–C–N with tert-alkyl or cyclic N) is 1. The average molecular weight is 474 g/mol. The van der Waals surface area contributed by atoms with Gasteiger partial charge in [0.05, 0.1) is 18.7 Å². The van der Waals surface area contributed by atoms with Crippen LogP contribution in [0.15, 0.2) is 42.2 Å². The zero-order valence-electron chi connectivity index (χ0n) is 19.2. The third-order valence-corrected chi connectivity index (χ3v) is 6.52. The van der Waals surface area contributed by atoms with Gasteiger partial charge in [0.2, 0.25) is 5.91 Å². The van der Waals surface area contributed by atoms with Gasteiger partial charge in [0, 0.05) is 53.5 Å². The Bertz CT molecular complexity index is 1340. The number of aromatic nitrogens is 3. The molecule has 3 aromatic rings. The molecule has 1 aromatic carbocycles. The van der Waals surface area contributed by atoms with Gasteiger partial charge in [-0.05, 0) is 56.0 Å². The number of piperidine rings is 1. The van der Waals surface area contributed by atoms with Gasteiger partial charge in [-0.25, -0.2) is 9.50 Å². The second-order valence-electron chi connectivity index (χ2n) is 9.46. The number of hydrogen-bond acceptors (Lipinski definition) is 8. The van der Waals surface area contributed by atoms with Crippen LogP contribution in [0.3, 0.4) is 0 Å². The summed E-state index contributed by atoms with van der Waals surface area (Å²) in [6.07, 6.45) is 9.01. The lowest BCUT2D eigenvalue weighted by Gasteiger charge is -2.32. The topological polar surface area (TPSA) is 124 Å². The van der Waals surface area contributed by atoms with Gasteiger partial charge in [-0.1, -0.05) is 0 Å². The molecule has 2 saturated heterocycles. The van der Waals surface area contributed by atoms with Gasteiger partial charge >= 0.3 is 0 Å². The minimum absolute atomic E-state index is 0.0584. The number of aliphatic hydroxyl groups excluding tert-OH is 1. The molecule has 3 aliphatic rings. The number of anilines is 4. The van der Waals surface area contributed by atoms with Crippen molar-refractivity contribution in [3.8, 4) is 0 Å². The van der Waals surface area contributed by atoms with Crippen molar-refractivity contribution in [3.05, 3.63) is 47.8 Å². The van der Waals surface area contributed by atoms with Crippen LogP contribution >= 0.6 is 0 Å². The molecule has 1 aliphatic carbocycles. The molecule has 180 valence electrons. The quantitative estimate of drug-likeness (QED) is 0.318. The van der Waals surface area contributed by atoms with Crippen LogP contribution in [0.1, 0.15) is 37.7 Å². The average Bonchev–Trinajstić information content (AvgIpc) is 3.47. The Hall–Kier alpha value is -3.92. The van der Waals surface area contributed by atoms with Crippen LogP contribution in [0.4, 0.5) is 22.9 Å². The summed E-state index contributed by atoms with van der Waals surface area (Å²) in [5, 5.41) is 23.8. The number of aliphatic hydroxyl groups is 1. The maximum Gasteiger partial charge on any atom is 0.254 e. The second kappa shape index (κ2) is 8.70. The molecule has 2 aromatic heterocycles. The summed E-state index contributed by atoms with van der Waals surface area (Å²) in [4.78, 5) is 30.4. The number of benzene rings is 1. The van der Waals surface area contributed by atoms with E-state index in [1.807, 2.05) is 6.07 Å². The molecule has 6 rings (SSSR count). The fourth-order valence-corrected chi connectivity index (χ4v) is 4.62. The number of amides is 2. The largest absolute Gasteiger partial charge is 0.391 e. The summed E-state index contributed by atoms with van der Waals surface area (Å²) in [6.45, 7) is 1.54. The smallest absolute Gasteiger partial charge is 0.254 e. The van der Waals surface area contributed by atoms with Crippen LogP contribution in [0, 0.1) is 0 Å². The van der Waals surface area contributed by atoms with Gasteiger partial charge in [0.1, 0.15) is 5.82 Å². The van der Waals surface area contributed by atoms with Crippen molar-refractivity contribution >= 4 is 46.4 Å². The lowest BCUT2D eigenvalue weighted by molar-refractivity contribution is -0.124. The Morgan fingerprint density at radius 2 is 2.00 bits per heavy atom. The van der Waals surface area contributed by atoms with E-state index in [9.17, 15) is 14.7 Å². The van der Waals surface area contributed by atoms with Crippen LogP contribution in [0.25, 0.3) is 11.7 Å². The fourth-order valence-electron chi connectivity index (χ4n) is 4.62. The molecule has 0 spiro atoms. The van der Waals surface area contributed by atoms with E-state index >= 15 is 0 Å². The van der Waals surface area contributed by atoms with E-state index < -0.39 is 0 Å². The molecule has 1 unspecified atom stereocenters. The normalized spacial score (nSPS) is 21.6. The molecular weight excluding hydrogens is 446 g/mol. The summed E-state index contributed by atoms with van der Waals surface area (Å²) in [5.41, 5.74) is 4.65. The summed E-state index contributed by atoms with van der Waals surface area (Å²) in [5.74, 6) is -0.0403. The van der Waals surface area contributed by atoms with Crippen molar-refractivity contribution in [2.75, 3.05) is 28.6 Å². The zero-order chi connectivity index (χ0) is 23.9. The second-order valence-corrected chi connectivity index (χ2v) is 9.46. The molecule has 10 nitrogen and oxygen atoms in total. The molecule has 1 saturated carbocycles. The van der Waals surface area contributed by atoms with Crippen LogP contribution < -0.4 is 20.9 Å². The third-order valence-electron chi connectivity index (χ3n) is 6.52. The summed E-state index contributed by atoms with van der Waals surface area (Å²) >= 11 is 0. The molecule has 0 radical (unpaired) electrons. The van der Waals surface area contributed by atoms with Gasteiger partial charge in [0.15, 0.2) is 5.65 Å². The molecule has 3 fully saturated rings. The van der Waals surface area contributed by atoms with E-state index in [2.05, 4.69) is 44.1 Å². The first-order chi connectivity index (χ1) is 17.0. The highest BCUT2D eigenvalue weighted by Crippen LogP contribution is 2.32. The van der Waals surface area contributed by atoms with Crippen LogP contribution in [-0.2, 0) is 9.59 Å². The highest BCUT2D eigenvalue weighted by atomic mass is 16.3. The minimum Gasteiger partial charge on any atom is -0.391 e. The van der Waals surface area contributed by atoms with Gasteiger partial charge in [0.25, 0.3) is 5.91 Å². The fraction of sp³-hybridized carbons (Fsp3) is 0.360. The first-order valence-corrected chi connectivity index (χ1v) is 12.0. The predicted octanol–water partition coefficient (Wildman–Crippen LogP) is 2.44. The Morgan fingerprint density at radius 3 is 2.77 bits per heavy atom. The molecule has 0 bridgehead atoms. The van der Waals surface area contributed by atoms with E-state index in [1.54, 1.807) is 23.0 Å². The summed E-state index contributed by atoms with van der Waals surface area (Å²) in [6, 6.07) is 8.65. The maximum absolute atomic E-state index is 12.0. The number of fused-ring (bicyclic) bond motifs is 1. The number of carbonyl (C=O) groups excluding carboxylic acids is 2. The van der Waals surface area contributed by atoms with Crippen molar-refractivity contribution in [2.24, 2.45) is 0 Å². The van der Waals surface area contributed by atoms with E-state index in [1.165, 1.54) is 12.8 Å². The molecule has 4 heterocycles. The van der Waals surface area contributed by atoms with Gasteiger partial charge in [-0.15, -0.1) is 0 Å². The number of imide groups is 1. The summed E-state index contributed by atoms with van der Waals surface area (Å²) in [7, 11) is 0. The number of carbonyl (C=O) groups is 2. The molecule has 35 heavy (non-hydrogen) atoms. The van der Waals surface area contributed by atoms with Crippen molar-refractivity contribution in [2.45, 2.75) is 44.2 Å². The highest BCUT2D eigenvalue weighted by Gasteiger charge is 2.25. The molecule has 2 amide bonds. The minimum atomic E-state index is -0.376. The molecule has 10 heteroatoms. The Kier molecular flexibility index (Phi) is 5.37. The van der Waals surface area contributed by atoms with Crippen molar-refractivity contribution in [1.82, 2.24) is 19.9 Å². The van der Waals surface area contributed by atoms with Crippen molar-refractivity contribution in [1.29, 1.82) is 0 Å².